The first kappa shape index (κ1) is 20.6. The minimum absolute atomic E-state index is 0.0153. The molecule has 1 aliphatic carbocycles. The van der Waals surface area contributed by atoms with Gasteiger partial charge in [-0.1, -0.05) is 6.07 Å². The topological polar surface area (TPSA) is 49.9 Å². The van der Waals surface area contributed by atoms with Gasteiger partial charge in [0.15, 0.2) is 12.4 Å². The van der Waals surface area contributed by atoms with Crippen molar-refractivity contribution in [3.8, 4) is 5.88 Å². The van der Waals surface area contributed by atoms with Crippen molar-refractivity contribution < 1.29 is 23.0 Å². The second kappa shape index (κ2) is 8.22. The van der Waals surface area contributed by atoms with E-state index in [0.29, 0.717) is 24.4 Å². The van der Waals surface area contributed by atoms with Gasteiger partial charge in [0, 0.05) is 42.0 Å². The summed E-state index contributed by atoms with van der Waals surface area (Å²) in [6, 6.07) is 3.40. The SMILES string of the molecule is Cc1nc(OCC(C)(F)F)ccc1CN1C=C(CC(OF)=C2CCC2)C2C=CNN21. The van der Waals surface area contributed by atoms with Gasteiger partial charge in [0.05, 0.1) is 12.6 Å². The van der Waals surface area contributed by atoms with Crippen molar-refractivity contribution >= 4 is 0 Å². The van der Waals surface area contributed by atoms with Crippen molar-refractivity contribution in [1.29, 1.82) is 0 Å². The van der Waals surface area contributed by atoms with Crippen LogP contribution >= 0.6 is 0 Å². The number of hydrogen-bond donors (Lipinski definition) is 1. The molecule has 9 heteroatoms. The van der Waals surface area contributed by atoms with E-state index >= 15 is 0 Å². The number of nitrogens with zero attached hydrogens (tertiary/aromatic N) is 3. The summed E-state index contributed by atoms with van der Waals surface area (Å²) in [5.41, 5.74) is 6.88. The van der Waals surface area contributed by atoms with Crippen LogP contribution in [0, 0.1) is 6.92 Å². The van der Waals surface area contributed by atoms with Gasteiger partial charge in [0.1, 0.15) is 0 Å². The Labute approximate surface area is 173 Å². The highest BCUT2D eigenvalue weighted by Crippen LogP contribution is 2.36. The van der Waals surface area contributed by atoms with Crippen LogP contribution < -0.4 is 10.2 Å². The monoisotopic (exact) mass is 422 g/mol. The van der Waals surface area contributed by atoms with Crippen LogP contribution in [0.4, 0.5) is 13.3 Å². The summed E-state index contributed by atoms with van der Waals surface area (Å²) >= 11 is 0. The van der Waals surface area contributed by atoms with E-state index in [0.717, 1.165) is 42.9 Å². The molecular formula is C21H25F3N4O2. The third kappa shape index (κ3) is 4.40. The molecular weight excluding hydrogens is 397 g/mol. The smallest absolute Gasteiger partial charge is 0.278 e. The molecule has 3 heterocycles. The van der Waals surface area contributed by atoms with Gasteiger partial charge < -0.3 is 10.2 Å². The minimum Gasteiger partial charge on any atom is -0.471 e. The van der Waals surface area contributed by atoms with Crippen molar-refractivity contribution in [1.82, 2.24) is 20.5 Å². The molecule has 6 nitrogen and oxygen atoms in total. The van der Waals surface area contributed by atoms with Crippen molar-refractivity contribution in [2.45, 2.75) is 58.0 Å². The van der Waals surface area contributed by atoms with Gasteiger partial charge in [-0.05, 0) is 49.0 Å². The lowest BCUT2D eigenvalue weighted by atomic mass is 9.89. The number of pyridine rings is 1. The maximum Gasteiger partial charge on any atom is 0.278 e. The molecule has 1 fully saturated rings. The molecule has 3 aliphatic rings. The Hall–Kier alpha value is -2.68. The zero-order valence-electron chi connectivity index (χ0n) is 17.0. The largest absolute Gasteiger partial charge is 0.471 e. The fourth-order valence-corrected chi connectivity index (χ4v) is 3.70. The van der Waals surface area contributed by atoms with Crippen LogP contribution in [0.5, 0.6) is 5.88 Å². The fraction of sp³-hybridized carbons (Fsp3) is 0.476. The number of rotatable bonds is 8. The van der Waals surface area contributed by atoms with E-state index in [9.17, 15) is 13.3 Å². The summed E-state index contributed by atoms with van der Waals surface area (Å²) in [6.45, 7) is 2.42. The van der Waals surface area contributed by atoms with E-state index in [2.05, 4.69) is 15.4 Å². The quantitative estimate of drug-likeness (QED) is 0.624. The maximum atomic E-state index is 13.1. The van der Waals surface area contributed by atoms with Crippen LogP contribution in [0.1, 0.15) is 43.9 Å². The molecule has 1 aromatic heterocycles. The van der Waals surface area contributed by atoms with Gasteiger partial charge in [-0.15, -0.1) is 5.12 Å². The highest BCUT2D eigenvalue weighted by atomic mass is 19.3. The molecule has 0 radical (unpaired) electrons. The molecule has 0 bridgehead atoms. The molecule has 1 saturated carbocycles. The van der Waals surface area contributed by atoms with Crippen LogP contribution in [0.25, 0.3) is 0 Å². The third-order valence-corrected chi connectivity index (χ3v) is 5.51. The van der Waals surface area contributed by atoms with E-state index in [1.807, 2.05) is 41.6 Å². The van der Waals surface area contributed by atoms with Crippen LogP contribution in [0.3, 0.4) is 0 Å². The number of aromatic nitrogens is 1. The molecule has 1 N–H and O–H groups in total. The Kier molecular flexibility index (Phi) is 5.64. The zero-order chi connectivity index (χ0) is 21.3. The Balaban J connectivity index is 1.46. The molecule has 0 spiro atoms. The summed E-state index contributed by atoms with van der Waals surface area (Å²) in [7, 11) is 0. The Morgan fingerprint density at radius 1 is 1.33 bits per heavy atom. The first-order valence-electron chi connectivity index (χ1n) is 10.00. The van der Waals surface area contributed by atoms with Gasteiger partial charge in [-0.2, -0.15) is 0 Å². The second-order valence-electron chi connectivity index (χ2n) is 7.97. The number of halogens is 3. The Bertz CT molecular complexity index is 889. The molecule has 4 rings (SSSR count). The Morgan fingerprint density at radius 3 is 2.77 bits per heavy atom. The number of allylic oxidation sites excluding steroid dienone is 2. The molecule has 162 valence electrons. The van der Waals surface area contributed by atoms with Crippen molar-refractivity contribution in [3.63, 3.8) is 0 Å². The van der Waals surface area contributed by atoms with E-state index < -0.39 is 12.5 Å². The van der Waals surface area contributed by atoms with Gasteiger partial charge in [-0.25, -0.2) is 13.8 Å². The summed E-state index contributed by atoms with van der Waals surface area (Å²) in [5.74, 6) is -2.32. The second-order valence-corrected chi connectivity index (χ2v) is 7.97. The lowest BCUT2D eigenvalue weighted by molar-refractivity contribution is -0.0885. The standard InChI is InChI=1S/C21H25F3N4O2/c1-14-16(6-7-20(26-14)29-13-21(2,22)23)11-27-12-17(18-8-9-25-28(18)27)10-19(30-24)15-4-3-5-15/h6-9,12,18,25H,3-5,10-11,13H2,1-2H3. The first-order valence-corrected chi connectivity index (χ1v) is 10.00. The van der Waals surface area contributed by atoms with Crippen LogP contribution in [-0.4, -0.2) is 33.7 Å². The van der Waals surface area contributed by atoms with E-state index in [1.165, 1.54) is 0 Å². The first-order chi connectivity index (χ1) is 14.3. The van der Waals surface area contributed by atoms with E-state index in [-0.39, 0.29) is 11.9 Å². The molecule has 1 unspecified atom stereocenters. The number of ether oxygens (including phenoxy) is 1. The van der Waals surface area contributed by atoms with Gasteiger partial charge in [-0.3, -0.25) is 9.95 Å². The number of fused-ring (bicyclic) bond motifs is 1. The van der Waals surface area contributed by atoms with Crippen molar-refractivity contribution in [2.75, 3.05) is 6.61 Å². The predicted octanol–water partition coefficient (Wildman–Crippen LogP) is 4.47. The third-order valence-electron chi connectivity index (χ3n) is 5.51. The molecule has 0 aromatic carbocycles. The molecule has 2 aliphatic heterocycles. The molecule has 1 atom stereocenters. The van der Waals surface area contributed by atoms with Crippen LogP contribution in [-0.2, 0) is 11.5 Å². The highest BCUT2D eigenvalue weighted by molar-refractivity contribution is 5.32. The predicted molar refractivity (Wildman–Crippen MR) is 104 cm³/mol. The summed E-state index contributed by atoms with van der Waals surface area (Å²) in [5, 5.41) is 3.95. The molecule has 0 amide bonds. The number of nitrogens with one attached hydrogen (secondary N) is 1. The van der Waals surface area contributed by atoms with Crippen molar-refractivity contribution in [2.24, 2.45) is 0 Å². The van der Waals surface area contributed by atoms with Crippen LogP contribution in [0.2, 0.25) is 0 Å². The zero-order valence-corrected chi connectivity index (χ0v) is 17.0. The van der Waals surface area contributed by atoms with Gasteiger partial charge >= 0.3 is 0 Å². The van der Waals surface area contributed by atoms with Gasteiger partial charge in [0.2, 0.25) is 5.88 Å². The summed E-state index contributed by atoms with van der Waals surface area (Å²) < 4.78 is 44.2. The number of alkyl halides is 2. The molecule has 30 heavy (non-hydrogen) atoms. The summed E-state index contributed by atoms with van der Waals surface area (Å²) in [6.07, 6.45) is 9.13. The molecule has 1 aromatic rings. The average molecular weight is 422 g/mol. The maximum absolute atomic E-state index is 13.1. The Morgan fingerprint density at radius 2 is 2.13 bits per heavy atom. The summed E-state index contributed by atoms with van der Waals surface area (Å²) in [4.78, 5) is 8.47. The normalized spacial score (nSPS) is 20.6. The fourth-order valence-electron chi connectivity index (χ4n) is 3.70. The molecule has 0 saturated heterocycles. The van der Waals surface area contributed by atoms with E-state index in [4.69, 9.17) is 4.74 Å². The van der Waals surface area contributed by atoms with Gasteiger partial charge in [0.25, 0.3) is 5.92 Å². The highest BCUT2D eigenvalue weighted by Gasteiger charge is 2.35. The van der Waals surface area contributed by atoms with E-state index in [1.54, 1.807) is 6.07 Å². The number of hydrazine groups is 2. The number of aryl methyl sites for hydroxylation is 1. The minimum atomic E-state index is -2.91. The lowest BCUT2D eigenvalue weighted by Gasteiger charge is -2.29. The number of hydrogen-bond acceptors (Lipinski definition) is 6. The lowest BCUT2D eigenvalue weighted by Crippen LogP contribution is -2.44. The van der Waals surface area contributed by atoms with Crippen LogP contribution in [0.15, 0.2) is 47.5 Å². The van der Waals surface area contributed by atoms with Crippen molar-refractivity contribution in [3.05, 3.63) is 58.8 Å². The average Bonchev–Trinajstić information content (AvgIpc) is 3.24.